The number of carbonyl (C=O) groups is 1. The summed E-state index contributed by atoms with van der Waals surface area (Å²) in [6.45, 7) is 5.08. The number of thiocarbonyl (C=S) groups is 1. The first-order valence-corrected chi connectivity index (χ1v) is 7.99. The maximum absolute atomic E-state index is 13.0. The van der Waals surface area contributed by atoms with E-state index >= 15 is 0 Å². The summed E-state index contributed by atoms with van der Waals surface area (Å²) < 4.78 is 0. The fraction of sp³-hybridized carbons (Fsp3) is 0.867. The molecule has 0 atom stereocenters. The number of nitrogens with zero attached hydrogens (tertiary/aromatic N) is 1. The molecule has 2 N–H and O–H groups in total. The van der Waals surface area contributed by atoms with E-state index in [1.54, 1.807) is 0 Å². The number of hydrogen-bond donors (Lipinski definition) is 1. The van der Waals surface area contributed by atoms with Gasteiger partial charge in [0, 0.05) is 12.6 Å². The SMILES string of the molecule is CC(C)N(CC1CC1)C(=O)C1(C(N)=S)CCCCC1. The minimum absolute atomic E-state index is 0.196. The quantitative estimate of drug-likeness (QED) is 0.789. The van der Waals surface area contributed by atoms with Crippen LogP contribution >= 0.6 is 12.2 Å². The first kappa shape index (κ1) is 14.8. The Hall–Kier alpha value is -0.640. The fourth-order valence-electron chi connectivity index (χ4n) is 3.10. The zero-order valence-corrected chi connectivity index (χ0v) is 13.0. The van der Waals surface area contributed by atoms with Crippen molar-refractivity contribution in [3.05, 3.63) is 0 Å². The van der Waals surface area contributed by atoms with Gasteiger partial charge in [-0.3, -0.25) is 4.79 Å². The van der Waals surface area contributed by atoms with E-state index in [-0.39, 0.29) is 11.9 Å². The Balaban J connectivity index is 2.18. The number of hydrogen-bond acceptors (Lipinski definition) is 2. The maximum atomic E-state index is 13.0. The molecule has 108 valence electrons. The van der Waals surface area contributed by atoms with Gasteiger partial charge in [-0.1, -0.05) is 31.5 Å². The lowest BCUT2D eigenvalue weighted by atomic mass is 9.72. The number of rotatable bonds is 5. The van der Waals surface area contributed by atoms with Gasteiger partial charge in [-0.15, -0.1) is 0 Å². The molecule has 3 nitrogen and oxygen atoms in total. The third-order valence-electron chi connectivity index (χ3n) is 4.62. The number of amides is 1. The molecule has 0 heterocycles. The van der Waals surface area contributed by atoms with Crippen molar-refractivity contribution in [2.24, 2.45) is 17.1 Å². The Morgan fingerprint density at radius 1 is 1.32 bits per heavy atom. The molecule has 4 heteroatoms. The van der Waals surface area contributed by atoms with Gasteiger partial charge in [-0.05, 0) is 45.4 Å². The largest absolute Gasteiger partial charge is 0.392 e. The second kappa shape index (κ2) is 5.78. The van der Waals surface area contributed by atoms with Gasteiger partial charge in [0.25, 0.3) is 0 Å². The van der Waals surface area contributed by atoms with Gasteiger partial charge in [0.15, 0.2) is 0 Å². The van der Waals surface area contributed by atoms with Crippen LogP contribution in [0.4, 0.5) is 0 Å². The van der Waals surface area contributed by atoms with Crippen LogP contribution in [0.2, 0.25) is 0 Å². The predicted octanol–water partition coefficient (Wildman–Crippen LogP) is 2.87. The average Bonchev–Trinajstić information content (AvgIpc) is 3.19. The molecule has 0 aliphatic heterocycles. The molecule has 2 fully saturated rings. The Labute approximate surface area is 121 Å². The third-order valence-corrected chi connectivity index (χ3v) is 5.01. The summed E-state index contributed by atoms with van der Waals surface area (Å²) in [5.41, 5.74) is 5.42. The van der Waals surface area contributed by atoms with Crippen LogP contribution in [0.25, 0.3) is 0 Å². The van der Waals surface area contributed by atoms with Gasteiger partial charge in [-0.2, -0.15) is 0 Å². The van der Waals surface area contributed by atoms with Crippen LogP contribution in [0.15, 0.2) is 0 Å². The van der Waals surface area contributed by atoms with E-state index in [1.165, 1.54) is 19.3 Å². The van der Waals surface area contributed by atoms with E-state index in [0.717, 1.165) is 32.2 Å². The van der Waals surface area contributed by atoms with Crippen molar-refractivity contribution in [3.63, 3.8) is 0 Å². The van der Waals surface area contributed by atoms with Crippen LogP contribution in [-0.2, 0) is 4.79 Å². The average molecular weight is 282 g/mol. The Morgan fingerprint density at radius 3 is 2.32 bits per heavy atom. The smallest absolute Gasteiger partial charge is 0.235 e. The molecule has 0 radical (unpaired) electrons. The van der Waals surface area contributed by atoms with Crippen molar-refractivity contribution in [3.8, 4) is 0 Å². The molecule has 19 heavy (non-hydrogen) atoms. The van der Waals surface area contributed by atoms with Gasteiger partial charge in [0.05, 0.1) is 10.4 Å². The molecule has 0 bridgehead atoms. The van der Waals surface area contributed by atoms with E-state index in [2.05, 4.69) is 13.8 Å². The minimum atomic E-state index is -0.549. The van der Waals surface area contributed by atoms with Gasteiger partial charge in [0.1, 0.15) is 0 Å². The lowest BCUT2D eigenvalue weighted by Gasteiger charge is -2.40. The fourth-order valence-corrected chi connectivity index (χ4v) is 3.39. The van der Waals surface area contributed by atoms with Crippen molar-refractivity contribution < 1.29 is 4.79 Å². The zero-order valence-electron chi connectivity index (χ0n) is 12.2. The van der Waals surface area contributed by atoms with Crippen molar-refractivity contribution in [1.82, 2.24) is 4.90 Å². The third kappa shape index (κ3) is 3.10. The van der Waals surface area contributed by atoms with Crippen molar-refractivity contribution in [2.75, 3.05) is 6.54 Å². The molecule has 0 aromatic rings. The predicted molar refractivity (Wildman–Crippen MR) is 81.9 cm³/mol. The van der Waals surface area contributed by atoms with Crippen molar-refractivity contribution in [1.29, 1.82) is 0 Å². The van der Waals surface area contributed by atoms with Gasteiger partial charge in [-0.25, -0.2) is 0 Å². The van der Waals surface area contributed by atoms with E-state index in [0.29, 0.717) is 10.9 Å². The highest BCUT2D eigenvalue weighted by molar-refractivity contribution is 7.80. The van der Waals surface area contributed by atoms with Crippen molar-refractivity contribution in [2.45, 2.75) is 64.8 Å². The Kier molecular flexibility index (Phi) is 4.49. The van der Waals surface area contributed by atoms with E-state index in [4.69, 9.17) is 18.0 Å². The molecule has 0 aromatic carbocycles. The molecule has 2 rings (SSSR count). The monoisotopic (exact) mass is 282 g/mol. The normalized spacial score (nSPS) is 22.3. The lowest BCUT2D eigenvalue weighted by molar-refractivity contribution is -0.141. The molecule has 0 saturated heterocycles. The highest BCUT2D eigenvalue weighted by Crippen LogP contribution is 2.40. The molecule has 0 spiro atoms. The molecule has 2 saturated carbocycles. The highest BCUT2D eigenvalue weighted by Gasteiger charge is 2.46. The van der Waals surface area contributed by atoms with Crippen LogP contribution in [0, 0.1) is 11.3 Å². The Bertz CT molecular complexity index is 357. The van der Waals surface area contributed by atoms with Gasteiger partial charge >= 0.3 is 0 Å². The van der Waals surface area contributed by atoms with Gasteiger partial charge in [0.2, 0.25) is 5.91 Å². The van der Waals surface area contributed by atoms with Crippen LogP contribution < -0.4 is 5.73 Å². The summed E-state index contributed by atoms with van der Waals surface area (Å²) >= 11 is 5.27. The first-order chi connectivity index (χ1) is 8.97. The summed E-state index contributed by atoms with van der Waals surface area (Å²) in [5.74, 6) is 0.903. The van der Waals surface area contributed by atoms with Crippen LogP contribution in [0.3, 0.4) is 0 Å². The molecule has 1 amide bonds. The molecular weight excluding hydrogens is 256 g/mol. The first-order valence-electron chi connectivity index (χ1n) is 7.58. The van der Waals surface area contributed by atoms with Crippen molar-refractivity contribution >= 4 is 23.1 Å². The number of carbonyl (C=O) groups excluding carboxylic acids is 1. The van der Waals surface area contributed by atoms with Gasteiger partial charge < -0.3 is 10.6 Å². The van der Waals surface area contributed by atoms with E-state index in [1.807, 2.05) is 4.90 Å². The topological polar surface area (TPSA) is 46.3 Å². The summed E-state index contributed by atoms with van der Waals surface area (Å²) in [5, 5.41) is 0. The zero-order chi connectivity index (χ0) is 14.0. The second-order valence-electron chi connectivity index (χ2n) is 6.50. The molecule has 0 unspecified atom stereocenters. The standard InChI is InChI=1S/C15H26N2OS/c1-11(2)17(10-12-6-7-12)14(18)15(13(16)19)8-4-3-5-9-15/h11-12H,3-10H2,1-2H3,(H2,16,19). The van der Waals surface area contributed by atoms with Crippen LogP contribution in [0.5, 0.6) is 0 Å². The Morgan fingerprint density at radius 2 is 1.89 bits per heavy atom. The molecule has 2 aliphatic carbocycles. The summed E-state index contributed by atoms with van der Waals surface area (Å²) in [7, 11) is 0. The highest BCUT2D eigenvalue weighted by atomic mass is 32.1. The molecule has 2 aliphatic rings. The summed E-state index contributed by atoms with van der Waals surface area (Å²) in [4.78, 5) is 15.5. The van der Waals surface area contributed by atoms with Crippen LogP contribution in [0.1, 0.15) is 58.8 Å². The summed E-state index contributed by atoms with van der Waals surface area (Å²) in [6, 6.07) is 0.237. The van der Waals surface area contributed by atoms with Crippen LogP contribution in [-0.4, -0.2) is 28.4 Å². The molecule has 0 aromatic heterocycles. The molecular formula is C15H26N2OS. The second-order valence-corrected chi connectivity index (χ2v) is 6.94. The minimum Gasteiger partial charge on any atom is -0.392 e. The van der Waals surface area contributed by atoms with E-state index in [9.17, 15) is 4.79 Å². The van der Waals surface area contributed by atoms with E-state index < -0.39 is 5.41 Å². The number of nitrogens with two attached hydrogens (primary N) is 1. The summed E-state index contributed by atoms with van der Waals surface area (Å²) in [6.07, 6.45) is 7.54. The lowest BCUT2D eigenvalue weighted by Crippen LogP contribution is -2.54. The maximum Gasteiger partial charge on any atom is 0.235 e.